The van der Waals surface area contributed by atoms with Gasteiger partial charge in [0.1, 0.15) is 0 Å². The molecule has 4 aromatic rings. The molecule has 0 aliphatic heterocycles. The van der Waals surface area contributed by atoms with Crippen molar-refractivity contribution in [1.82, 2.24) is 0 Å². The second-order valence-corrected chi connectivity index (χ2v) is 8.44. The Bertz CT molecular complexity index is 1450. The molecule has 0 aromatic heterocycles. The summed E-state index contributed by atoms with van der Waals surface area (Å²) in [4.78, 5) is 0. The van der Waals surface area contributed by atoms with Crippen LogP contribution in [0.4, 0.5) is 26.3 Å². The van der Waals surface area contributed by atoms with Crippen molar-refractivity contribution in [1.29, 1.82) is 0 Å². The third-order valence-corrected chi connectivity index (χ3v) is 5.75. The van der Waals surface area contributed by atoms with Crippen molar-refractivity contribution in [3.05, 3.63) is 70.4 Å². The molecule has 0 aliphatic rings. The highest BCUT2D eigenvalue weighted by atomic mass is 19.4. The van der Waals surface area contributed by atoms with Crippen molar-refractivity contribution in [2.75, 3.05) is 0 Å². The van der Waals surface area contributed by atoms with E-state index in [0.717, 1.165) is 12.1 Å². The fourth-order valence-corrected chi connectivity index (χ4v) is 4.57. The predicted molar refractivity (Wildman–Crippen MR) is 130 cm³/mol. The van der Waals surface area contributed by atoms with Crippen molar-refractivity contribution in [2.24, 2.45) is 0 Å². The number of halogens is 6. The van der Waals surface area contributed by atoms with Gasteiger partial charge in [0.25, 0.3) is 0 Å². The average Bonchev–Trinajstić information content (AvgIpc) is 2.73. The van der Waals surface area contributed by atoms with Gasteiger partial charge in [-0.05, 0) is 87.1 Å². The molecule has 0 unspecified atom stereocenters. The number of alkyl halides is 6. The van der Waals surface area contributed by atoms with Crippen LogP contribution in [0.1, 0.15) is 56.4 Å². The largest absolute Gasteiger partial charge is 0.417 e. The highest BCUT2D eigenvalue weighted by molar-refractivity contribution is 6.24. The predicted octanol–water partition coefficient (Wildman–Crippen LogP) is 9.46. The molecule has 0 fully saturated rings. The van der Waals surface area contributed by atoms with Crippen LogP contribution in [0.25, 0.3) is 44.0 Å². The van der Waals surface area contributed by atoms with Gasteiger partial charge in [0.15, 0.2) is 0 Å². The van der Waals surface area contributed by atoms with E-state index in [1.165, 1.54) is 25.5 Å². The van der Waals surface area contributed by atoms with Crippen LogP contribution >= 0.6 is 0 Å². The third kappa shape index (κ3) is 4.15. The normalized spacial score (nSPS) is 13.0. The monoisotopic (exact) mass is 476 g/mol. The minimum absolute atomic E-state index is 0.0302. The molecule has 0 N–H and O–H groups in total. The number of hydrogen-bond donors (Lipinski definition) is 0. The summed E-state index contributed by atoms with van der Waals surface area (Å²) >= 11 is 0. The van der Waals surface area contributed by atoms with Crippen molar-refractivity contribution in [2.45, 2.75) is 53.4 Å². The first-order chi connectivity index (χ1) is 15.8. The molecule has 180 valence electrons. The SMILES string of the molecule is C=C(C)c1c(C(F)(F)F)ccc2c1/c(=C\C)c1ccc(C)c3c(C(F)(F)F)ccc2c31.CCC. The number of benzene rings is 4. The topological polar surface area (TPSA) is 0 Å². The van der Waals surface area contributed by atoms with Gasteiger partial charge in [-0.25, -0.2) is 0 Å². The molecule has 34 heavy (non-hydrogen) atoms. The van der Waals surface area contributed by atoms with E-state index < -0.39 is 23.5 Å². The summed E-state index contributed by atoms with van der Waals surface area (Å²) in [6.45, 7) is 12.8. The van der Waals surface area contributed by atoms with E-state index in [0.29, 0.717) is 37.7 Å². The second-order valence-electron chi connectivity index (χ2n) is 8.44. The number of fused-ring (bicyclic) bond motifs is 2. The Morgan fingerprint density at radius 1 is 0.765 bits per heavy atom. The Morgan fingerprint density at radius 3 is 1.71 bits per heavy atom. The van der Waals surface area contributed by atoms with Crippen LogP contribution < -0.4 is 5.22 Å². The van der Waals surface area contributed by atoms with E-state index in [1.54, 1.807) is 32.1 Å². The molecule has 4 aromatic carbocycles. The summed E-state index contributed by atoms with van der Waals surface area (Å²) in [6, 6.07) is 7.97. The molecule has 4 rings (SSSR count). The number of rotatable bonds is 1. The number of allylic oxidation sites excluding steroid dienone is 1. The summed E-state index contributed by atoms with van der Waals surface area (Å²) in [6.07, 6.45) is -6.24. The summed E-state index contributed by atoms with van der Waals surface area (Å²) in [5.41, 5.74) is -0.896. The molecule has 0 atom stereocenters. The molecular weight excluding hydrogens is 450 g/mol. The van der Waals surface area contributed by atoms with E-state index in [9.17, 15) is 26.3 Å². The molecule has 0 amide bonds. The van der Waals surface area contributed by atoms with E-state index in [2.05, 4.69) is 20.4 Å². The number of hydrogen-bond acceptors (Lipinski definition) is 0. The molecule has 0 nitrogen and oxygen atoms in total. The minimum Gasteiger partial charge on any atom is -0.166 e. The van der Waals surface area contributed by atoms with Gasteiger partial charge in [0.05, 0.1) is 11.1 Å². The fourth-order valence-electron chi connectivity index (χ4n) is 4.57. The zero-order valence-electron chi connectivity index (χ0n) is 19.7. The molecule has 0 saturated carbocycles. The van der Waals surface area contributed by atoms with Crippen LogP contribution in [-0.4, -0.2) is 0 Å². The Balaban J connectivity index is 0.00000103. The van der Waals surface area contributed by atoms with Gasteiger partial charge in [0.2, 0.25) is 0 Å². The lowest BCUT2D eigenvalue weighted by molar-refractivity contribution is -0.138. The van der Waals surface area contributed by atoms with Gasteiger partial charge in [0, 0.05) is 0 Å². The highest BCUT2D eigenvalue weighted by Gasteiger charge is 2.36. The summed E-state index contributed by atoms with van der Waals surface area (Å²) < 4.78 is 82.6. The maximum Gasteiger partial charge on any atom is 0.417 e. The van der Waals surface area contributed by atoms with Crippen LogP contribution in [0.5, 0.6) is 0 Å². The van der Waals surface area contributed by atoms with E-state index in [4.69, 9.17) is 0 Å². The first-order valence-electron chi connectivity index (χ1n) is 11.0. The van der Waals surface area contributed by atoms with E-state index in [-0.39, 0.29) is 16.5 Å². The summed E-state index contributed by atoms with van der Waals surface area (Å²) in [5, 5.41) is 2.73. The molecule has 0 heterocycles. The smallest absolute Gasteiger partial charge is 0.166 e. The van der Waals surface area contributed by atoms with Gasteiger partial charge in [-0.3, -0.25) is 0 Å². The molecular formula is C28H26F6. The molecule has 0 bridgehead atoms. The highest BCUT2D eigenvalue weighted by Crippen LogP contribution is 2.44. The van der Waals surface area contributed by atoms with E-state index >= 15 is 0 Å². The molecule has 0 aliphatic carbocycles. The van der Waals surface area contributed by atoms with Crippen LogP contribution in [0.15, 0.2) is 43.0 Å². The van der Waals surface area contributed by atoms with Crippen LogP contribution in [0, 0.1) is 6.92 Å². The maximum atomic E-state index is 13.8. The molecule has 0 spiro atoms. The zero-order chi connectivity index (χ0) is 25.6. The van der Waals surface area contributed by atoms with Crippen LogP contribution in [0.2, 0.25) is 0 Å². The molecule has 0 saturated heterocycles. The summed E-state index contributed by atoms with van der Waals surface area (Å²) in [7, 11) is 0. The van der Waals surface area contributed by atoms with E-state index in [1.807, 2.05) is 0 Å². The Morgan fingerprint density at radius 2 is 1.24 bits per heavy atom. The molecule has 6 heteroatoms. The summed E-state index contributed by atoms with van der Waals surface area (Å²) in [5.74, 6) is 0. The Labute approximate surface area is 194 Å². The van der Waals surface area contributed by atoms with Gasteiger partial charge in [-0.15, -0.1) is 0 Å². The quantitative estimate of drug-likeness (QED) is 0.146. The lowest BCUT2D eigenvalue weighted by atomic mass is 9.85. The fraction of sp³-hybridized carbons (Fsp3) is 0.286. The number of aryl methyl sites for hydroxylation is 1. The third-order valence-electron chi connectivity index (χ3n) is 5.75. The first kappa shape index (κ1) is 25.6. The van der Waals surface area contributed by atoms with Crippen molar-refractivity contribution < 1.29 is 26.3 Å². The molecule has 0 radical (unpaired) electrons. The van der Waals surface area contributed by atoms with Crippen molar-refractivity contribution in [3.8, 4) is 0 Å². The van der Waals surface area contributed by atoms with Gasteiger partial charge in [-0.1, -0.05) is 57.2 Å². The first-order valence-corrected chi connectivity index (χ1v) is 11.0. The van der Waals surface area contributed by atoms with Crippen LogP contribution in [0.3, 0.4) is 0 Å². The second kappa shape index (κ2) is 8.97. The van der Waals surface area contributed by atoms with Crippen LogP contribution in [-0.2, 0) is 12.4 Å². The standard InChI is InChI=1S/C25H18F6.C3H8/c1-5-14-15-7-6-13(4)21-19(25(29,30)31)11-9-17(23(15)21)16-8-10-18(24(26,27)28)20(12(2)3)22(14)16;1-3-2/h5-11H,2H2,1,3-4H3;3H2,1-2H3/b14-5-;. The Kier molecular flexibility index (Phi) is 6.75. The minimum atomic E-state index is -4.59. The maximum absolute atomic E-state index is 13.8. The van der Waals surface area contributed by atoms with Crippen molar-refractivity contribution >= 4 is 44.0 Å². The van der Waals surface area contributed by atoms with Gasteiger partial charge in [-0.2, -0.15) is 26.3 Å². The lowest BCUT2D eigenvalue weighted by Gasteiger charge is -2.21. The van der Waals surface area contributed by atoms with Gasteiger partial charge < -0.3 is 0 Å². The zero-order valence-corrected chi connectivity index (χ0v) is 19.7. The van der Waals surface area contributed by atoms with Crippen molar-refractivity contribution in [3.63, 3.8) is 0 Å². The average molecular weight is 477 g/mol. The lowest BCUT2D eigenvalue weighted by Crippen LogP contribution is -2.14. The van der Waals surface area contributed by atoms with Gasteiger partial charge >= 0.3 is 12.4 Å². The Hall–Kier alpha value is -3.02.